The summed E-state index contributed by atoms with van der Waals surface area (Å²) in [6.07, 6.45) is 11.5. The molecule has 0 saturated heterocycles. The minimum atomic E-state index is 1.06. The van der Waals surface area contributed by atoms with Gasteiger partial charge in [-0.15, -0.1) is 0 Å². The van der Waals surface area contributed by atoms with Crippen LogP contribution in [0.1, 0.15) is 99.3 Å². The molecular weight excluding hydrogens is 280 g/mol. The Kier molecular flexibility index (Phi) is 9.28. The zero-order valence-corrected chi connectivity index (χ0v) is 16.5. The van der Waals surface area contributed by atoms with E-state index in [1.807, 2.05) is 0 Å². The summed E-state index contributed by atoms with van der Waals surface area (Å²) in [4.78, 5) is 0. The summed E-state index contributed by atoms with van der Waals surface area (Å²) in [6, 6.07) is 0. The van der Waals surface area contributed by atoms with Crippen LogP contribution in [0, 0.1) is 0 Å². The Morgan fingerprint density at radius 2 is 1.30 bits per heavy atom. The van der Waals surface area contributed by atoms with E-state index < -0.39 is 0 Å². The van der Waals surface area contributed by atoms with E-state index in [9.17, 15) is 0 Å². The molecule has 23 heavy (non-hydrogen) atoms. The third kappa shape index (κ3) is 6.16. The van der Waals surface area contributed by atoms with E-state index in [1.165, 1.54) is 79.5 Å². The lowest BCUT2D eigenvalue weighted by molar-refractivity contribution is 0.349. The maximum absolute atomic E-state index is 5.07. The molecule has 0 radical (unpaired) electrons. The van der Waals surface area contributed by atoms with Crippen LogP contribution in [0.2, 0.25) is 0 Å². The van der Waals surface area contributed by atoms with Crippen molar-refractivity contribution in [3.8, 4) is 0 Å². The molecule has 0 spiro atoms. The van der Waals surface area contributed by atoms with E-state index in [0.29, 0.717) is 0 Å². The number of hydrogen-bond donors (Lipinski definition) is 0. The first-order valence-electron chi connectivity index (χ1n) is 9.73. The number of hydrogen-bond acceptors (Lipinski definition) is 2. The summed E-state index contributed by atoms with van der Waals surface area (Å²) in [6.45, 7) is 14.6. The lowest BCUT2D eigenvalue weighted by Crippen LogP contribution is -2.19. The van der Waals surface area contributed by atoms with E-state index in [2.05, 4.69) is 46.6 Å². The van der Waals surface area contributed by atoms with Crippen molar-refractivity contribution in [1.29, 1.82) is 0 Å². The van der Waals surface area contributed by atoms with Crippen LogP contribution in [0.5, 0.6) is 0 Å². The molecule has 2 nitrogen and oxygen atoms in total. The topological polar surface area (TPSA) is 15.6 Å². The van der Waals surface area contributed by atoms with Crippen LogP contribution in [0.15, 0.2) is 27.5 Å². The summed E-state index contributed by atoms with van der Waals surface area (Å²) in [5.41, 5.74) is 6.87. The van der Waals surface area contributed by atoms with Gasteiger partial charge in [-0.3, -0.25) is 5.01 Å². The summed E-state index contributed by atoms with van der Waals surface area (Å²) < 4.78 is 0. The van der Waals surface area contributed by atoms with Crippen molar-refractivity contribution in [3.63, 3.8) is 0 Å². The van der Waals surface area contributed by atoms with Crippen molar-refractivity contribution in [2.45, 2.75) is 99.3 Å². The van der Waals surface area contributed by atoms with Crippen LogP contribution in [-0.2, 0) is 0 Å². The van der Waals surface area contributed by atoms with Gasteiger partial charge in [-0.05, 0) is 63.7 Å². The molecule has 0 saturated carbocycles. The van der Waals surface area contributed by atoms with Crippen LogP contribution in [0.3, 0.4) is 0 Å². The molecule has 0 unspecified atom stereocenters. The maximum atomic E-state index is 5.07. The summed E-state index contributed by atoms with van der Waals surface area (Å²) in [5, 5.41) is 7.35. The van der Waals surface area contributed by atoms with Crippen LogP contribution in [-0.4, -0.2) is 17.3 Å². The SMILES string of the molecule is CCCCCCC1=NN(CCCCCC)C(C)=C(C)C(C)=C1C. The van der Waals surface area contributed by atoms with Gasteiger partial charge in [0.2, 0.25) is 0 Å². The van der Waals surface area contributed by atoms with Crippen LogP contribution in [0.25, 0.3) is 0 Å². The molecule has 0 aliphatic carbocycles. The third-order valence-corrected chi connectivity index (χ3v) is 5.22. The molecule has 0 atom stereocenters. The minimum Gasteiger partial charge on any atom is -0.269 e. The Morgan fingerprint density at radius 1 is 0.696 bits per heavy atom. The van der Waals surface area contributed by atoms with Gasteiger partial charge in [-0.25, -0.2) is 0 Å². The first-order chi connectivity index (χ1) is 11.0. The average molecular weight is 319 g/mol. The second kappa shape index (κ2) is 10.7. The second-order valence-electron chi connectivity index (χ2n) is 7.00. The third-order valence-electron chi connectivity index (χ3n) is 5.22. The first-order valence-corrected chi connectivity index (χ1v) is 9.73. The largest absolute Gasteiger partial charge is 0.269 e. The van der Waals surface area contributed by atoms with Crippen molar-refractivity contribution in [3.05, 3.63) is 22.4 Å². The molecule has 132 valence electrons. The predicted molar refractivity (Wildman–Crippen MR) is 104 cm³/mol. The number of hydrazone groups is 1. The van der Waals surface area contributed by atoms with Crippen molar-refractivity contribution in [1.82, 2.24) is 5.01 Å². The van der Waals surface area contributed by atoms with E-state index in [1.54, 1.807) is 0 Å². The van der Waals surface area contributed by atoms with Crippen LogP contribution >= 0.6 is 0 Å². The molecule has 0 amide bonds. The fourth-order valence-electron chi connectivity index (χ4n) is 3.12. The summed E-state index contributed by atoms with van der Waals surface area (Å²) in [5.74, 6) is 0. The molecule has 1 aliphatic rings. The Bertz CT molecular complexity index is 454. The molecular formula is C21H38N2. The number of nitrogens with zero attached hydrogens (tertiary/aromatic N) is 2. The van der Waals surface area contributed by atoms with Crippen molar-refractivity contribution in [2.24, 2.45) is 5.10 Å². The molecule has 0 N–H and O–H groups in total. The molecule has 1 aliphatic heterocycles. The van der Waals surface area contributed by atoms with Crippen LogP contribution < -0.4 is 0 Å². The fraction of sp³-hybridized carbons (Fsp3) is 0.762. The van der Waals surface area contributed by atoms with Gasteiger partial charge in [0, 0.05) is 12.2 Å². The Labute approximate surface area is 144 Å². The molecule has 0 fully saturated rings. The van der Waals surface area contributed by atoms with Gasteiger partial charge in [-0.1, -0.05) is 52.4 Å². The lowest BCUT2D eigenvalue weighted by atomic mass is 9.96. The van der Waals surface area contributed by atoms with Gasteiger partial charge in [0.05, 0.1) is 5.71 Å². The molecule has 0 aromatic heterocycles. The number of rotatable bonds is 10. The van der Waals surface area contributed by atoms with E-state index in [4.69, 9.17) is 5.10 Å². The highest BCUT2D eigenvalue weighted by Gasteiger charge is 2.17. The Balaban J connectivity index is 2.83. The van der Waals surface area contributed by atoms with Gasteiger partial charge >= 0.3 is 0 Å². The lowest BCUT2D eigenvalue weighted by Gasteiger charge is -2.21. The maximum Gasteiger partial charge on any atom is 0.0641 e. The van der Waals surface area contributed by atoms with E-state index >= 15 is 0 Å². The quantitative estimate of drug-likeness (QED) is 0.403. The molecule has 2 heteroatoms. The Morgan fingerprint density at radius 3 is 1.91 bits per heavy atom. The molecule has 0 aromatic rings. The highest BCUT2D eigenvalue weighted by Crippen LogP contribution is 2.27. The second-order valence-corrected chi connectivity index (χ2v) is 7.00. The van der Waals surface area contributed by atoms with Crippen LogP contribution in [0.4, 0.5) is 0 Å². The zero-order valence-electron chi connectivity index (χ0n) is 16.5. The van der Waals surface area contributed by atoms with E-state index in [-0.39, 0.29) is 0 Å². The smallest absolute Gasteiger partial charge is 0.0641 e. The van der Waals surface area contributed by atoms with Crippen molar-refractivity contribution in [2.75, 3.05) is 6.54 Å². The van der Waals surface area contributed by atoms with Gasteiger partial charge in [-0.2, -0.15) is 5.10 Å². The Hall–Kier alpha value is -1.05. The highest BCUT2D eigenvalue weighted by molar-refractivity contribution is 6.01. The molecule has 0 aromatic carbocycles. The molecule has 1 rings (SSSR count). The number of unbranched alkanes of at least 4 members (excludes halogenated alkanes) is 6. The minimum absolute atomic E-state index is 1.06. The summed E-state index contributed by atoms with van der Waals surface area (Å²) in [7, 11) is 0. The average Bonchev–Trinajstić information content (AvgIpc) is 2.62. The standard InChI is InChI=1S/C21H38N2/c1-7-9-11-13-15-21-19(5)17(3)18(4)20(6)23(22-21)16-14-12-10-8-2/h7-16H2,1-6H3. The fourth-order valence-corrected chi connectivity index (χ4v) is 3.12. The highest BCUT2D eigenvalue weighted by atomic mass is 15.5. The van der Waals surface area contributed by atoms with Gasteiger partial charge < -0.3 is 0 Å². The molecule has 0 bridgehead atoms. The first kappa shape index (κ1) is 20.0. The monoisotopic (exact) mass is 318 g/mol. The zero-order chi connectivity index (χ0) is 17.2. The van der Waals surface area contributed by atoms with Crippen molar-refractivity contribution < 1.29 is 0 Å². The van der Waals surface area contributed by atoms with E-state index in [0.717, 1.165) is 13.0 Å². The molecule has 1 heterocycles. The van der Waals surface area contributed by atoms with Gasteiger partial charge in [0.1, 0.15) is 0 Å². The van der Waals surface area contributed by atoms with Gasteiger partial charge in [0.15, 0.2) is 0 Å². The van der Waals surface area contributed by atoms with Crippen molar-refractivity contribution >= 4 is 5.71 Å². The van der Waals surface area contributed by atoms with Gasteiger partial charge in [0.25, 0.3) is 0 Å². The normalized spacial score (nSPS) is 16.1. The summed E-state index contributed by atoms with van der Waals surface area (Å²) >= 11 is 0. The number of allylic oxidation sites excluding steroid dienone is 4. The predicted octanol–water partition coefficient (Wildman–Crippen LogP) is 6.84.